The molecule has 0 saturated carbocycles. The maximum Gasteiger partial charge on any atom is 0.150 e. The summed E-state index contributed by atoms with van der Waals surface area (Å²) in [5.74, 6) is 0.737. The Morgan fingerprint density at radius 3 is 2.67 bits per heavy atom. The molecule has 1 saturated heterocycles. The molecule has 1 rings (SSSR count). The van der Waals surface area contributed by atoms with Gasteiger partial charge in [0.05, 0.1) is 11.5 Å². The van der Waals surface area contributed by atoms with Crippen LogP contribution in [0, 0.1) is 0 Å². The van der Waals surface area contributed by atoms with Crippen LogP contribution >= 0.6 is 0 Å². The zero-order valence-electron chi connectivity index (χ0n) is 9.67. The highest BCUT2D eigenvalue weighted by Crippen LogP contribution is 2.11. The van der Waals surface area contributed by atoms with Gasteiger partial charge in [-0.2, -0.15) is 0 Å². The van der Waals surface area contributed by atoms with Gasteiger partial charge in [0.15, 0.2) is 0 Å². The summed E-state index contributed by atoms with van der Waals surface area (Å²) in [5.41, 5.74) is 0. The van der Waals surface area contributed by atoms with Crippen LogP contribution in [-0.4, -0.2) is 32.5 Å². The molecule has 0 aromatic rings. The van der Waals surface area contributed by atoms with Crippen LogP contribution in [0.1, 0.15) is 45.4 Å². The number of unbranched alkanes of at least 4 members (excludes halogenated alkanes) is 1. The molecule has 90 valence electrons. The van der Waals surface area contributed by atoms with Crippen molar-refractivity contribution in [3.05, 3.63) is 0 Å². The van der Waals surface area contributed by atoms with Crippen LogP contribution in [0.3, 0.4) is 0 Å². The molecule has 0 aromatic heterocycles. The molecule has 1 aliphatic rings. The van der Waals surface area contributed by atoms with Crippen molar-refractivity contribution in [2.45, 2.75) is 51.5 Å². The Labute approximate surface area is 93.6 Å². The maximum absolute atomic E-state index is 11.6. The standard InChI is InChI=1S/C11H23NO2S/c1-2-3-9-15(13,14)10-7-11-6-4-5-8-12-11/h11-12H,2-10H2,1H3. The highest BCUT2D eigenvalue weighted by molar-refractivity contribution is 7.91. The van der Waals surface area contributed by atoms with E-state index in [1.807, 2.05) is 6.92 Å². The number of rotatable bonds is 6. The molecular weight excluding hydrogens is 210 g/mol. The molecule has 3 nitrogen and oxygen atoms in total. The summed E-state index contributed by atoms with van der Waals surface area (Å²) in [5, 5.41) is 3.38. The van der Waals surface area contributed by atoms with Gasteiger partial charge in [0.1, 0.15) is 9.84 Å². The second-order valence-corrected chi connectivity index (χ2v) is 6.74. The Balaban J connectivity index is 2.22. The Bertz CT molecular complexity index is 256. The van der Waals surface area contributed by atoms with Gasteiger partial charge in [0.25, 0.3) is 0 Å². The number of nitrogens with one attached hydrogen (secondary N) is 1. The lowest BCUT2D eigenvalue weighted by Crippen LogP contribution is -2.35. The lowest BCUT2D eigenvalue weighted by molar-refractivity contribution is 0.392. The van der Waals surface area contributed by atoms with Gasteiger partial charge in [-0.15, -0.1) is 0 Å². The second-order valence-electron chi connectivity index (χ2n) is 4.44. The van der Waals surface area contributed by atoms with Crippen molar-refractivity contribution < 1.29 is 8.42 Å². The molecule has 0 aliphatic carbocycles. The van der Waals surface area contributed by atoms with Gasteiger partial charge in [0.2, 0.25) is 0 Å². The molecule has 1 heterocycles. The molecule has 1 aliphatic heterocycles. The number of sulfone groups is 1. The lowest BCUT2D eigenvalue weighted by atomic mass is 10.0. The molecular formula is C11H23NO2S. The quantitative estimate of drug-likeness (QED) is 0.760. The van der Waals surface area contributed by atoms with Crippen molar-refractivity contribution in [2.24, 2.45) is 0 Å². The molecule has 1 fully saturated rings. The lowest BCUT2D eigenvalue weighted by Gasteiger charge is -2.23. The third-order valence-electron chi connectivity index (χ3n) is 3.00. The van der Waals surface area contributed by atoms with Crippen LogP contribution in [0.25, 0.3) is 0 Å². The first-order valence-corrected chi connectivity index (χ1v) is 7.90. The molecule has 0 amide bonds. The monoisotopic (exact) mass is 233 g/mol. The van der Waals surface area contributed by atoms with Gasteiger partial charge in [-0.1, -0.05) is 19.8 Å². The average molecular weight is 233 g/mol. The minimum Gasteiger partial charge on any atom is -0.314 e. The van der Waals surface area contributed by atoms with Crippen molar-refractivity contribution in [3.63, 3.8) is 0 Å². The summed E-state index contributed by atoms with van der Waals surface area (Å²) in [4.78, 5) is 0. The molecule has 0 radical (unpaired) electrons. The van der Waals surface area contributed by atoms with Crippen molar-refractivity contribution in [2.75, 3.05) is 18.1 Å². The van der Waals surface area contributed by atoms with Crippen LogP contribution in [-0.2, 0) is 9.84 Å². The first kappa shape index (κ1) is 13.0. The highest BCUT2D eigenvalue weighted by Gasteiger charge is 2.16. The largest absolute Gasteiger partial charge is 0.314 e. The van der Waals surface area contributed by atoms with E-state index in [4.69, 9.17) is 0 Å². The summed E-state index contributed by atoms with van der Waals surface area (Å²) in [6.07, 6.45) is 6.18. The Hall–Kier alpha value is -0.0900. The van der Waals surface area contributed by atoms with Crippen LogP contribution in [0.2, 0.25) is 0 Å². The third-order valence-corrected chi connectivity index (χ3v) is 4.77. The van der Waals surface area contributed by atoms with E-state index < -0.39 is 9.84 Å². The summed E-state index contributed by atoms with van der Waals surface area (Å²) in [6.45, 7) is 3.08. The van der Waals surface area contributed by atoms with E-state index in [0.717, 1.165) is 32.2 Å². The van der Waals surface area contributed by atoms with Crippen molar-refractivity contribution in [1.29, 1.82) is 0 Å². The second kappa shape index (κ2) is 6.48. The first-order chi connectivity index (χ1) is 7.14. The molecule has 0 aromatic carbocycles. The van der Waals surface area contributed by atoms with Crippen molar-refractivity contribution in [3.8, 4) is 0 Å². The van der Waals surface area contributed by atoms with Crippen molar-refractivity contribution in [1.82, 2.24) is 5.32 Å². The predicted octanol–water partition coefficient (Wildman–Crippen LogP) is 1.73. The molecule has 1 unspecified atom stereocenters. The van der Waals surface area contributed by atoms with E-state index in [1.54, 1.807) is 0 Å². The number of piperidine rings is 1. The summed E-state index contributed by atoms with van der Waals surface area (Å²) < 4.78 is 23.2. The van der Waals surface area contributed by atoms with E-state index >= 15 is 0 Å². The van der Waals surface area contributed by atoms with Gasteiger partial charge in [-0.25, -0.2) is 8.42 Å². The van der Waals surface area contributed by atoms with E-state index in [1.165, 1.54) is 12.8 Å². The molecule has 0 spiro atoms. The number of hydrogen-bond acceptors (Lipinski definition) is 3. The smallest absolute Gasteiger partial charge is 0.150 e. The summed E-state index contributed by atoms with van der Waals surface area (Å²) in [7, 11) is -2.78. The SMILES string of the molecule is CCCCS(=O)(=O)CCC1CCCCN1. The summed E-state index contributed by atoms with van der Waals surface area (Å²) in [6, 6.07) is 0.440. The Morgan fingerprint density at radius 1 is 1.27 bits per heavy atom. The van der Waals surface area contributed by atoms with Gasteiger partial charge in [0, 0.05) is 6.04 Å². The fourth-order valence-corrected chi connectivity index (χ4v) is 3.53. The van der Waals surface area contributed by atoms with Crippen molar-refractivity contribution >= 4 is 9.84 Å². The van der Waals surface area contributed by atoms with Gasteiger partial charge < -0.3 is 5.32 Å². The Kier molecular flexibility index (Phi) is 5.61. The average Bonchev–Trinajstić information content (AvgIpc) is 2.25. The fraction of sp³-hybridized carbons (Fsp3) is 1.00. The fourth-order valence-electron chi connectivity index (χ4n) is 1.96. The van der Waals surface area contributed by atoms with Gasteiger partial charge in [-0.3, -0.25) is 0 Å². The maximum atomic E-state index is 11.6. The predicted molar refractivity (Wildman–Crippen MR) is 63.8 cm³/mol. The summed E-state index contributed by atoms with van der Waals surface area (Å²) >= 11 is 0. The molecule has 1 atom stereocenters. The van der Waals surface area contributed by atoms with Gasteiger partial charge in [-0.05, 0) is 32.2 Å². The third kappa shape index (κ3) is 5.52. The first-order valence-electron chi connectivity index (χ1n) is 6.08. The molecule has 15 heavy (non-hydrogen) atoms. The molecule has 4 heteroatoms. The highest BCUT2D eigenvalue weighted by atomic mass is 32.2. The zero-order valence-corrected chi connectivity index (χ0v) is 10.5. The molecule has 0 bridgehead atoms. The zero-order chi connectivity index (χ0) is 11.1. The molecule has 1 N–H and O–H groups in total. The normalized spacial score (nSPS) is 22.9. The minimum atomic E-state index is -2.78. The van der Waals surface area contributed by atoms with E-state index in [2.05, 4.69) is 5.32 Å². The number of hydrogen-bond donors (Lipinski definition) is 1. The van der Waals surface area contributed by atoms with Crippen LogP contribution in [0.15, 0.2) is 0 Å². The van der Waals surface area contributed by atoms with E-state index in [-0.39, 0.29) is 0 Å². The van der Waals surface area contributed by atoms with E-state index in [0.29, 0.717) is 17.5 Å². The van der Waals surface area contributed by atoms with Gasteiger partial charge >= 0.3 is 0 Å². The van der Waals surface area contributed by atoms with Crippen LogP contribution in [0.4, 0.5) is 0 Å². The van der Waals surface area contributed by atoms with Crippen LogP contribution < -0.4 is 5.32 Å². The van der Waals surface area contributed by atoms with E-state index in [9.17, 15) is 8.42 Å². The minimum absolute atomic E-state index is 0.366. The topological polar surface area (TPSA) is 46.2 Å². The Morgan fingerprint density at radius 2 is 2.07 bits per heavy atom. The van der Waals surface area contributed by atoms with Crippen LogP contribution in [0.5, 0.6) is 0 Å².